The quantitative estimate of drug-likeness (QED) is 0.335. The van der Waals surface area contributed by atoms with Crippen LogP contribution in [0.2, 0.25) is 10.0 Å². The number of hydrazone groups is 1. The van der Waals surface area contributed by atoms with Crippen LogP contribution in [0.1, 0.15) is 0 Å². The van der Waals surface area contributed by atoms with Crippen LogP contribution < -0.4 is 16.5 Å². The van der Waals surface area contributed by atoms with Gasteiger partial charge in [0.2, 0.25) is 5.96 Å². The molecule has 0 heterocycles. The second kappa shape index (κ2) is 4.39. The minimum Gasteiger partial charge on any atom is -0.368 e. The Labute approximate surface area is 92.1 Å². The predicted molar refractivity (Wildman–Crippen MR) is 60.7 cm³/mol. The summed E-state index contributed by atoms with van der Waals surface area (Å²) in [6.45, 7) is 0. The normalized spacial score (nSPS) is 11.5. The number of hydrogen-bond acceptors (Lipinski definition) is 2. The maximum atomic E-state index is 5.95. The van der Waals surface area contributed by atoms with Crippen molar-refractivity contribution in [1.29, 1.82) is 0 Å². The predicted octanol–water partition coefficient (Wildman–Crippen LogP) is 1.62. The van der Waals surface area contributed by atoms with Crippen molar-refractivity contribution in [1.82, 2.24) is 0 Å². The summed E-state index contributed by atoms with van der Waals surface area (Å²) in [5.74, 6) is 5.18. The molecular formula is C8H10Cl2N4. The van der Waals surface area contributed by atoms with Crippen LogP contribution in [-0.4, -0.2) is 13.0 Å². The van der Waals surface area contributed by atoms with Gasteiger partial charge in [0.1, 0.15) is 0 Å². The van der Waals surface area contributed by atoms with Crippen molar-refractivity contribution < 1.29 is 0 Å². The summed E-state index contributed by atoms with van der Waals surface area (Å²) in [5.41, 5.74) is 6.11. The van der Waals surface area contributed by atoms with Gasteiger partial charge in [0.15, 0.2) is 0 Å². The van der Waals surface area contributed by atoms with E-state index in [4.69, 9.17) is 34.8 Å². The van der Waals surface area contributed by atoms with Gasteiger partial charge in [-0.05, 0) is 12.1 Å². The summed E-state index contributed by atoms with van der Waals surface area (Å²) in [6, 6.07) is 5.17. The van der Waals surface area contributed by atoms with Crippen LogP contribution >= 0.6 is 23.2 Å². The van der Waals surface area contributed by atoms with Gasteiger partial charge in [0.05, 0.1) is 15.7 Å². The summed E-state index contributed by atoms with van der Waals surface area (Å²) in [7, 11) is 1.68. The second-order valence-corrected chi connectivity index (χ2v) is 3.43. The van der Waals surface area contributed by atoms with Crippen molar-refractivity contribution in [2.24, 2.45) is 16.7 Å². The Morgan fingerprint density at radius 1 is 1.36 bits per heavy atom. The molecule has 0 aliphatic carbocycles. The SMILES string of the molecule is CN(/C(N)=N/N)c1c(Cl)cccc1Cl. The number of nitrogens with zero attached hydrogens (tertiary/aromatic N) is 2. The van der Waals surface area contributed by atoms with Gasteiger partial charge in [-0.3, -0.25) is 0 Å². The van der Waals surface area contributed by atoms with Crippen molar-refractivity contribution in [2.75, 3.05) is 11.9 Å². The fraction of sp³-hybridized carbons (Fsp3) is 0.125. The summed E-state index contributed by atoms with van der Waals surface area (Å²) in [4.78, 5) is 1.52. The lowest BCUT2D eigenvalue weighted by Crippen LogP contribution is -2.35. The van der Waals surface area contributed by atoms with Gasteiger partial charge in [-0.2, -0.15) is 0 Å². The Hall–Kier alpha value is -1.13. The molecule has 4 nitrogen and oxygen atoms in total. The molecule has 1 aromatic carbocycles. The molecule has 0 bridgehead atoms. The highest BCUT2D eigenvalue weighted by atomic mass is 35.5. The maximum absolute atomic E-state index is 5.95. The van der Waals surface area contributed by atoms with E-state index in [1.54, 1.807) is 25.2 Å². The van der Waals surface area contributed by atoms with Crippen LogP contribution in [-0.2, 0) is 0 Å². The van der Waals surface area contributed by atoms with E-state index in [1.807, 2.05) is 0 Å². The average Bonchev–Trinajstić information content (AvgIpc) is 2.16. The number of anilines is 1. The Balaban J connectivity index is 3.18. The molecule has 0 radical (unpaired) electrons. The number of rotatable bonds is 1. The molecule has 0 amide bonds. The van der Waals surface area contributed by atoms with E-state index in [0.717, 1.165) is 0 Å². The molecule has 0 aliphatic heterocycles. The molecule has 14 heavy (non-hydrogen) atoms. The highest BCUT2D eigenvalue weighted by Crippen LogP contribution is 2.32. The number of halogens is 2. The Morgan fingerprint density at radius 3 is 2.29 bits per heavy atom. The van der Waals surface area contributed by atoms with Crippen molar-refractivity contribution >= 4 is 34.8 Å². The molecule has 1 rings (SSSR count). The van der Waals surface area contributed by atoms with Crippen molar-refractivity contribution in [3.05, 3.63) is 28.2 Å². The number of para-hydroxylation sites is 1. The van der Waals surface area contributed by atoms with Gasteiger partial charge in [0.25, 0.3) is 0 Å². The van der Waals surface area contributed by atoms with Gasteiger partial charge < -0.3 is 16.5 Å². The van der Waals surface area contributed by atoms with E-state index >= 15 is 0 Å². The van der Waals surface area contributed by atoms with Crippen LogP contribution in [0.15, 0.2) is 23.3 Å². The van der Waals surface area contributed by atoms with Gasteiger partial charge >= 0.3 is 0 Å². The molecule has 0 saturated carbocycles. The number of benzene rings is 1. The molecular weight excluding hydrogens is 223 g/mol. The largest absolute Gasteiger partial charge is 0.368 e. The summed E-state index contributed by atoms with van der Waals surface area (Å²) in [5, 5.41) is 4.33. The van der Waals surface area contributed by atoms with Crippen LogP contribution in [0.4, 0.5) is 5.69 Å². The van der Waals surface area contributed by atoms with E-state index < -0.39 is 0 Å². The van der Waals surface area contributed by atoms with Crippen LogP contribution in [0.5, 0.6) is 0 Å². The molecule has 0 fully saturated rings. The number of guanidine groups is 1. The zero-order valence-electron chi connectivity index (χ0n) is 7.54. The molecule has 0 aromatic heterocycles. The third kappa shape index (κ3) is 2.02. The fourth-order valence-electron chi connectivity index (χ4n) is 1.01. The molecule has 0 saturated heterocycles. The molecule has 0 unspecified atom stereocenters. The first kappa shape index (κ1) is 10.9. The minimum absolute atomic E-state index is 0.139. The lowest BCUT2D eigenvalue weighted by atomic mass is 10.3. The molecule has 0 aliphatic rings. The fourth-order valence-corrected chi connectivity index (χ4v) is 1.66. The van der Waals surface area contributed by atoms with E-state index in [0.29, 0.717) is 15.7 Å². The second-order valence-electron chi connectivity index (χ2n) is 2.62. The highest BCUT2D eigenvalue weighted by molar-refractivity contribution is 6.39. The number of nitrogens with two attached hydrogens (primary N) is 2. The Kier molecular flexibility index (Phi) is 3.43. The monoisotopic (exact) mass is 232 g/mol. The maximum Gasteiger partial charge on any atom is 0.217 e. The van der Waals surface area contributed by atoms with Gasteiger partial charge in [-0.25, -0.2) is 0 Å². The Bertz CT molecular complexity index is 344. The van der Waals surface area contributed by atoms with Crippen molar-refractivity contribution in [3.8, 4) is 0 Å². The zero-order valence-corrected chi connectivity index (χ0v) is 9.05. The lowest BCUT2D eigenvalue weighted by Gasteiger charge is -2.19. The first-order valence-electron chi connectivity index (χ1n) is 3.79. The third-order valence-corrected chi connectivity index (χ3v) is 2.36. The van der Waals surface area contributed by atoms with Crippen LogP contribution in [0.3, 0.4) is 0 Å². The Morgan fingerprint density at radius 2 is 1.86 bits per heavy atom. The number of hydrogen-bond donors (Lipinski definition) is 2. The molecule has 6 heteroatoms. The average molecular weight is 233 g/mol. The van der Waals surface area contributed by atoms with Gasteiger partial charge in [-0.1, -0.05) is 29.3 Å². The topological polar surface area (TPSA) is 67.6 Å². The van der Waals surface area contributed by atoms with Crippen molar-refractivity contribution in [2.45, 2.75) is 0 Å². The van der Waals surface area contributed by atoms with Gasteiger partial charge in [-0.15, -0.1) is 5.10 Å². The van der Waals surface area contributed by atoms with Gasteiger partial charge in [0, 0.05) is 7.05 Å². The highest BCUT2D eigenvalue weighted by Gasteiger charge is 2.12. The van der Waals surface area contributed by atoms with E-state index in [2.05, 4.69) is 5.10 Å². The minimum atomic E-state index is 0.139. The van der Waals surface area contributed by atoms with Crippen LogP contribution in [0, 0.1) is 0 Å². The van der Waals surface area contributed by atoms with E-state index in [-0.39, 0.29) is 5.96 Å². The summed E-state index contributed by atoms with van der Waals surface area (Å²) >= 11 is 11.9. The molecule has 1 aromatic rings. The molecule has 0 spiro atoms. The summed E-state index contributed by atoms with van der Waals surface area (Å²) < 4.78 is 0. The summed E-state index contributed by atoms with van der Waals surface area (Å²) in [6.07, 6.45) is 0. The molecule has 0 atom stereocenters. The first-order chi connectivity index (χ1) is 6.57. The first-order valence-corrected chi connectivity index (χ1v) is 4.54. The molecule has 76 valence electrons. The van der Waals surface area contributed by atoms with Crippen molar-refractivity contribution in [3.63, 3.8) is 0 Å². The third-order valence-electron chi connectivity index (χ3n) is 1.75. The zero-order chi connectivity index (χ0) is 10.7. The standard InChI is InChI=1S/C8H10Cl2N4/c1-14(8(11)13-12)7-5(9)3-2-4-6(7)10/h2-4H,12H2,1H3,(H2,11,13). The smallest absolute Gasteiger partial charge is 0.217 e. The lowest BCUT2D eigenvalue weighted by molar-refractivity contribution is 1.15. The van der Waals surface area contributed by atoms with E-state index in [1.165, 1.54) is 4.90 Å². The molecule has 4 N–H and O–H groups in total. The van der Waals surface area contributed by atoms with E-state index in [9.17, 15) is 0 Å². The van der Waals surface area contributed by atoms with Crippen LogP contribution in [0.25, 0.3) is 0 Å².